The number of ether oxygens (including phenoxy) is 5. The average molecular weight is 678 g/mol. The Labute approximate surface area is 265 Å². The van der Waals surface area contributed by atoms with Crippen LogP contribution in [-0.4, -0.2) is 30.5 Å². The van der Waals surface area contributed by atoms with Gasteiger partial charge in [0, 0.05) is 0 Å². The molecule has 0 aliphatic carbocycles. The van der Waals surface area contributed by atoms with Crippen LogP contribution < -0.4 is 33.8 Å². The maximum Gasteiger partial charge on any atom is 0.338 e. The van der Waals surface area contributed by atoms with Crippen LogP contribution >= 0.6 is 27.3 Å². The number of carbonyl (C=O) groups excluding carboxylic acids is 1. The lowest BCUT2D eigenvalue weighted by atomic mass is 9.95. The highest BCUT2D eigenvalue weighted by atomic mass is 79.9. The predicted molar refractivity (Wildman–Crippen MR) is 169 cm³/mol. The summed E-state index contributed by atoms with van der Waals surface area (Å²) in [7, 11) is 0. The van der Waals surface area contributed by atoms with Crippen LogP contribution in [0.1, 0.15) is 43.5 Å². The predicted octanol–water partition coefficient (Wildman–Crippen LogP) is 5.27. The quantitative estimate of drug-likeness (QED) is 0.223. The van der Waals surface area contributed by atoms with Gasteiger partial charge in [-0.25, -0.2) is 9.79 Å². The van der Waals surface area contributed by atoms with Crippen LogP contribution in [0.15, 0.2) is 86.2 Å². The normalized spacial score (nSPS) is 15.5. The summed E-state index contributed by atoms with van der Waals surface area (Å²) in [6.45, 7) is 6.50. The molecule has 1 atom stereocenters. The lowest BCUT2D eigenvalue weighted by Crippen LogP contribution is -2.39. The third-order valence-electron chi connectivity index (χ3n) is 7.08. The summed E-state index contributed by atoms with van der Waals surface area (Å²) in [5.74, 6) is 1.75. The van der Waals surface area contributed by atoms with Crippen LogP contribution in [0.5, 0.6) is 23.0 Å². The molecule has 9 nitrogen and oxygen atoms in total. The van der Waals surface area contributed by atoms with Gasteiger partial charge in [0.1, 0.15) is 6.61 Å². The minimum absolute atomic E-state index is 0.108. The van der Waals surface area contributed by atoms with E-state index in [-0.39, 0.29) is 19.0 Å². The molecule has 1 aromatic heterocycles. The number of thiazole rings is 1. The summed E-state index contributed by atoms with van der Waals surface area (Å²) in [5.41, 5.74) is 2.94. The lowest BCUT2D eigenvalue weighted by Gasteiger charge is -2.24. The van der Waals surface area contributed by atoms with Crippen molar-refractivity contribution in [3.8, 4) is 23.0 Å². The molecule has 2 aliphatic rings. The standard InChI is InChI=1S/C33H29BrN2O7S/c1-4-39-26-14-21(13-23(34)30(26)41-17-20-9-7-6-8-10-20)15-27-31(37)36-29(22-11-12-24-25(16-22)43-18-42-24)28(32(38)40-5-2)19(3)35-33(36)44-27/h6-16,29H,4-5,17-18H2,1-3H3/b27-15-. The fourth-order valence-electron chi connectivity index (χ4n) is 5.15. The molecule has 6 rings (SSSR count). The number of carbonyl (C=O) groups is 1. The number of benzene rings is 3. The van der Waals surface area contributed by atoms with Gasteiger partial charge in [-0.2, -0.15) is 0 Å². The van der Waals surface area contributed by atoms with Gasteiger partial charge in [-0.15, -0.1) is 0 Å². The van der Waals surface area contributed by atoms with Gasteiger partial charge < -0.3 is 23.7 Å². The van der Waals surface area contributed by atoms with E-state index in [1.165, 1.54) is 11.3 Å². The van der Waals surface area contributed by atoms with Gasteiger partial charge in [0.15, 0.2) is 27.8 Å². The summed E-state index contributed by atoms with van der Waals surface area (Å²) in [4.78, 5) is 32.4. The van der Waals surface area contributed by atoms with E-state index >= 15 is 0 Å². The van der Waals surface area contributed by atoms with E-state index in [4.69, 9.17) is 23.7 Å². The first-order valence-corrected chi connectivity index (χ1v) is 15.7. The van der Waals surface area contributed by atoms with Gasteiger partial charge in [0.05, 0.1) is 39.5 Å². The molecule has 4 aromatic rings. The van der Waals surface area contributed by atoms with Crippen molar-refractivity contribution < 1.29 is 28.5 Å². The molecule has 3 aromatic carbocycles. The first-order chi connectivity index (χ1) is 21.4. The van der Waals surface area contributed by atoms with Crippen molar-refractivity contribution in [2.45, 2.75) is 33.4 Å². The Morgan fingerprint density at radius 2 is 1.86 bits per heavy atom. The van der Waals surface area contributed by atoms with Gasteiger partial charge in [0.2, 0.25) is 6.79 Å². The average Bonchev–Trinajstić information content (AvgIpc) is 3.60. The number of rotatable bonds is 9. The number of aromatic nitrogens is 1. The van der Waals surface area contributed by atoms with Crippen LogP contribution in [-0.2, 0) is 16.1 Å². The molecular formula is C33H29BrN2O7S. The molecule has 44 heavy (non-hydrogen) atoms. The van der Waals surface area contributed by atoms with Gasteiger partial charge >= 0.3 is 5.97 Å². The summed E-state index contributed by atoms with van der Waals surface area (Å²) in [6.07, 6.45) is 1.79. The number of esters is 1. The van der Waals surface area contributed by atoms with Crippen molar-refractivity contribution in [1.82, 2.24) is 4.57 Å². The highest BCUT2D eigenvalue weighted by Crippen LogP contribution is 2.39. The molecule has 0 N–H and O–H groups in total. The van der Waals surface area contributed by atoms with E-state index < -0.39 is 12.0 Å². The molecule has 0 bridgehead atoms. The largest absolute Gasteiger partial charge is 0.490 e. The molecule has 11 heteroatoms. The zero-order valence-electron chi connectivity index (χ0n) is 24.3. The van der Waals surface area contributed by atoms with Gasteiger partial charge in [-0.05, 0) is 83.7 Å². The summed E-state index contributed by atoms with van der Waals surface area (Å²) < 4.78 is 31.2. The zero-order valence-corrected chi connectivity index (χ0v) is 26.7. The number of hydrogen-bond donors (Lipinski definition) is 0. The van der Waals surface area contributed by atoms with Crippen LogP contribution in [0.4, 0.5) is 0 Å². The van der Waals surface area contributed by atoms with Gasteiger partial charge in [-0.3, -0.25) is 9.36 Å². The van der Waals surface area contributed by atoms with E-state index in [1.807, 2.05) is 55.5 Å². The first-order valence-electron chi connectivity index (χ1n) is 14.1. The van der Waals surface area contributed by atoms with E-state index in [0.717, 1.165) is 11.1 Å². The van der Waals surface area contributed by atoms with E-state index in [1.54, 1.807) is 36.6 Å². The lowest BCUT2D eigenvalue weighted by molar-refractivity contribution is -0.139. The van der Waals surface area contributed by atoms with Crippen LogP contribution in [0.25, 0.3) is 6.08 Å². The van der Waals surface area contributed by atoms with E-state index in [2.05, 4.69) is 20.9 Å². The Bertz CT molecular complexity index is 1950. The summed E-state index contributed by atoms with van der Waals surface area (Å²) >= 11 is 4.88. The second kappa shape index (κ2) is 12.7. The minimum Gasteiger partial charge on any atom is -0.490 e. The Morgan fingerprint density at radius 1 is 1.07 bits per heavy atom. The monoisotopic (exact) mass is 676 g/mol. The van der Waals surface area contributed by atoms with E-state index in [9.17, 15) is 9.59 Å². The number of nitrogens with zero attached hydrogens (tertiary/aromatic N) is 2. The van der Waals surface area contributed by atoms with Crippen molar-refractivity contribution in [3.05, 3.63) is 113 Å². The number of hydrogen-bond acceptors (Lipinski definition) is 9. The van der Waals surface area contributed by atoms with Gasteiger partial charge in [0.25, 0.3) is 5.56 Å². The van der Waals surface area contributed by atoms with E-state index in [0.29, 0.717) is 66.9 Å². The zero-order chi connectivity index (χ0) is 30.8. The van der Waals surface area contributed by atoms with Crippen molar-refractivity contribution >= 4 is 39.3 Å². The second-order valence-electron chi connectivity index (χ2n) is 9.95. The Kier molecular flexibility index (Phi) is 8.58. The molecule has 1 unspecified atom stereocenters. The molecule has 0 fully saturated rings. The fraction of sp³-hybridized carbons (Fsp3) is 0.242. The molecule has 226 valence electrons. The molecule has 0 saturated heterocycles. The van der Waals surface area contributed by atoms with Crippen molar-refractivity contribution in [1.29, 1.82) is 0 Å². The second-order valence-corrected chi connectivity index (χ2v) is 11.8. The Balaban J connectivity index is 1.43. The minimum atomic E-state index is -0.763. The maximum absolute atomic E-state index is 14.1. The highest BCUT2D eigenvalue weighted by molar-refractivity contribution is 9.10. The van der Waals surface area contributed by atoms with Crippen molar-refractivity contribution in [3.63, 3.8) is 0 Å². The molecular weight excluding hydrogens is 648 g/mol. The first kappa shape index (κ1) is 29.7. The van der Waals surface area contributed by atoms with Crippen LogP contribution in [0.2, 0.25) is 0 Å². The molecule has 3 heterocycles. The molecule has 0 radical (unpaired) electrons. The topological polar surface area (TPSA) is 97.6 Å². The summed E-state index contributed by atoms with van der Waals surface area (Å²) in [5, 5.41) is 0. The van der Waals surface area contributed by atoms with Crippen molar-refractivity contribution in [2.24, 2.45) is 4.99 Å². The van der Waals surface area contributed by atoms with Crippen molar-refractivity contribution in [2.75, 3.05) is 20.0 Å². The Morgan fingerprint density at radius 3 is 2.64 bits per heavy atom. The molecule has 2 aliphatic heterocycles. The highest BCUT2D eigenvalue weighted by Gasteiger charge is 2.34. The number of allylic oxidation sites excluding steroid dienone is 1. The Hall–Kier alpha value is -4.35. The smallest absolute Gasteiger partial charge is 0.338 e. The molecule has 0 spiro atoms. The van der Waals surface area contributed by atoms with Crippen LogP contribution in [0, 0.1) is 0 Å². The molecule has 0 saturated carbocycles. The van der Waals surface area contributed by atoms with Gasteiger partial charge in [-0.1, -0.05) is 47.7 Å². The third-order valence-corrected chi connectivity index (χ3v) is 8.66. The van der Waals surface area contributed by atoms with Crippen LogP contribution in [0.3, 0.4) is 0 Å². The summed E-state index contributed by atoms with van der Waals surface area (Å²) in [6, 6.07) is 18.2. The maximum atomic E-state index is 14.1. The SMILES string of the molecule is CCOC(=O)C1=C(C)N=c2s/c(=C\c3cc(Br)c(OCc4ccccc4)c(OCC)c3)c(=O)n2C1c1ccc2c(c1)OCO2. The fourth-order valence-corrected chi connectivity index (χ4v) is 6.77. The number of fused-ring (bicyclic) bond motifs is 2. The number of halogens is 1. The third kappa shape index (κ3) is 5.77. The molecule has 0 amide bonds.